The molecule has 0 radical (unpaired) electrons. The summed E-state index contributed by atoms with van der Waals surface area (Å²) in [4.78, 5) is 23.2. The maximum atomic E-state index is 11.8. The number of carbonyl (C=O) groups excluding carboxylic acids is 1. The Balaban J connectivity index is 2.38. The first-order chi connectivity index (χ1) is 8.72. The van der Waals surface area contributed by atoms with Crippen LogP contribution in [0.2, 0.25) is 0 Å². The van der Waals surface area contributed by atoms with Crippen molar-refractivity contribution in [2.24, 2.45) is 0 Å². The standard InChI is InChI=1S/C14H12O4/c1-2-17-14(16)12-9-8-11(13(15)18-12)10-6-4-3-5-7-10/h3-9H,2H2,1H3. The largest absolute Gasteiger partial charge is 0.460 e. The summed E-state index contributed by atoms with van der Waals surface area (Å²) in [6.45, 7) is 1.93. The third kappa shape index (κ3) is 2.48. The Labute approximate surface area is 104 Å². The molecule has 92 valence electrons. The molecule has 0 fully saturated rings. The lowest BCUT2D eigenvalue weighted by atomic mass is 10.1. The monoisotopic (exact) mass is 244 g/mol. The van der Waals surface area contributed by atoms with Gasteiger partial charge in [-0.2, -0.15) is 0 Å². The minimum absolute atomic E-state index is 0.0819. The molecule has 0 aliphatic rings. The molecule has 4 heteroatoms. The van der Waals surface area contributed by atoms with Crippen LogP contribution in [0.3, 0.4) is 0 Å². The molecule has 0 bridgehead atoms. The molecule has 0 saturated carbocycles. The summed E-state index contributed by atoms with van der Waals surface area (Å²) in [6, 6.07) is 12.1. The van der Waals surface area contributed by atoms with E-state index in [1.165, 1.54) is 6.07 Å². The molecule has 0 spiro atoms. The summed E-state index contributed by atoms with van der Waals surface area (Å²) >= 11 is 0. The van der Waals surface area contributed by atoms with E-state index in [1.54, 1.807) is 25.1 Å². The maximum Gasteiger partial charge on any atom is 0.374 e. The summed E-state index contributed by atoms with van der Waals surface area (Å²) in [5.74, 6) is -0.712. The van der Waals surface area contributed by atoms with Gasteiger partial charge in [-0.3, -0.25) is 0 Å². The summed E-state index contributed by atoms with van der Waals surface area (Å²) in [7, 11) is 0. The minimum Gasteiger partial charge on any atom is -0.460 e. The molecule has 0 atom stereocenters. The van der Waals surface area contributed by atoms with E-state index in [4.69, 9.17) is 9.15 Å². The lowest BCUT2D eigenvalue weighted by Crippen LogP contribution is -2.10. The minimum atomic E-state index is -0.630. The van der Waals surface area contributed by atoms with Crippen LogP contribution >= 0.6 is 0 Å². The van der Waals surface area contributed by atoms with Gasteiger partial charge in [-0.05, 0) is 24.6 Å². The normalized spacial score (nSPS) is 10.1. The van der Waals surface area contributed by atoms with Crippen molar-refractivity contribution >= 4 is 5.97 Å². The third-order valence-electron chi connectivity index (χ3n) is 2.39. The number of benzene rings is 1. The second-order valence-corrected chi connectivity index (χ2v) is 3.59. The van der Waals surface area contributed by atoms with E-state index in [2.05, 4.69) is 0 Å². The highest BCUT2D eigenvalue weighted by molar-refractivity contribution is 5.86. The highest BCUT2D eigenvalue weighted by atomic mass is 16.5. The zero-order chi connectivity index (χ0) is 13.0. The Kier molecular flexibility index (Phi) is 3.57. The molecule has 0 amide bonds. The van der Waals surface area contributed by atoms with Gasteiger partial charge in [0.1, 0.15) is 0 Å². The number of hydrogen-bond acceptors (Lipinski definition) is 4. The van der Waals surface area contributed by atoms with Crippen LogP contribution in [0.1, 0.15) is 17.5 Å². The number of rotatable bonds is 3. The topological polar surface area (TPSA) is 56.5 Å². The van der Waals surface area contributed by atoms with Crippen molar-refractivity contribution in [3.05, 3.63) is 58.6 Å². The van der Waals surface area contributed by atoms with E-state index in [1.807, 2.05) is 18.2 Å². The van der Waals surface area contributed by atoms with Crippen molar-refractivity contribution in [2.45, 2.75) is 6.92 Å². The number of esters is 1. The van der Waals surface area contributed by atoms with Crippen molar-refractivity contribution in [2.75, 3.05) is 6.61 Å². The van der Waals surface area contributed by atoms with Crippen LogP contribution in [0.15, 0.2) is 51.7 Å². The van der Waals surface area contributed by atoms with Gasteiger partial charge >= 0.3 is 11.6 Å². The van der Waals surface area contributed by atoms with Gasteiger partial charge in [-0.25, -0.2) is 9.59 Å². The van der Waals surface area contributed by atoms with Crippen LogP contribution in [-0.2, 0) is 4.74 Å². The lowest BCUT2D eigenvalue weighted by Gasteiger charge is -2.02. The molecule has 2 aromatic rings. The van der Waals surface area contributed by atoms with Gasteiger partial charge < -0.3 is 9.15 Å². The van der Waals surface area contributed by atoms with Crippen LogP contribution in [0.4, 0.5) is 0 Å². The molecular weight excluding hydrogens is 232 g/mol. The average Bonchev–Trinajstić information content (AvgIpc) is 2.40. The molecular formula is C14H12O4. The zero-order valence-corrected chi connectivity index (χ0v) is 9.88. The summed E-state index contributed by atoms with van der Waals surface area (Å²) in [5.41, 5.74) is 0.622. The van der Waals surface area contributed by atoms with Crippen molar-refractivity contribution in [3.63, 3.8) is 0 Å². The predicted octanol–water partition coefficient (Wildman–Crippen LogP) is 2.48. The zero-order valence-electron chi connectivity index (χ0n) is 9.88. The molecule has 0 aliphatic carbocycles. The summed E-state index contributed by atoms with van der Waals surface area (Å²) in [5, 5.41) is 0. The van der Waals surface area contributed by atoms with Gasteiger partial charge in [-0.1, -0.05) is 30.3 Å². The van der Waals surface area contributed by atoms with Crippen LogP contribution in [0.25, 0.3) is 11.1 Å². The Morgan fingerprint density at radius 1 is 1.17 bits per heavy atom. The number of hydrogen-bond donors (Lipinski definition) is 0. The first-order valence-electron chi connectivity index (χ1n) is 5.59. The number of carbonyl (C=O) groups is 1. The van der Waals surface area contributed by atoms with E-state index in [0.29, 0.717) is 5.56 Å². The quantitative estimate of drug-likeness (QED) is 0.778. The van der Waals surface area contributed by atoms with Gasteiger partial charge in [0.25, 0.3) is 0 Å². The van der Waals surface area contributed by atoms with Crippen LogP contribution in [0.5, 0.6) is 0 Å². The second kappa shape index (κ2) is 5.31. The lowest BCUT2D eigenvalue weighted by molar-refractivity contribution is 0.0485. The smallest absolute Gasteiger partial charge is 0.374 e. The molecule has 1 aromatic carbocycles. The first kappa shape index (κ1) is 12.1. The van der Waals surface area contributed by atoms with Crippen LogP contribution in [-0.4, -0.2) is 12.6 Å². The summed E-state index contributed by atoms with van der Waals surface area (Å²) in [6.07, 6.45) is 0. The molecule has 0 unspecified atom stereocenters. The van der Waals surface area contributed by atoms with E-state index >= 15 is 0 Å². The molecule has 1 heterocycles. The highest BCUT2D eigenvalue weighted by Crippen LogP contribution is 2.15. The molecule has 4 nitrogen and oxygen atoms in total. The molecule has 0 N–H and O–H groups in total. The molecule has 1 aromatic heterocycles. The van der Waals surface area contributed by atoms with Crippen molar-refractivity contribution in [3.8, 4) is 11.1 Å². The third-order valence-corrected chi connectivity index (χ3v) is 2.39. The number of ether oxygens (including phenoxy) is 1. The van der Waals surface area contributed by atoms with Gasteiger partial charge in [-0.15, -0.1) is 0 Å². The Morgan fingerprint density at radius 2 is 1.89 bits per heavy atom. The first-order valence-corrected chi connectivity index (χ1v) is 5.59. The van der Waals surface area contributed by atoms with E-state index in [9.17, 15) is 9.59 Å². The molecule has 18 heavy (non-hydrogen) atoms. The Morgan fingerprint density at radius 3 is 2.50 bits per heavy atom. The molecule has 0 saturated heterocycles. The summed E-state index contributed by atoms with van der Waals surface area (Å²) < 4.78 is 9.70. The van der Waals surface area contributed by atoms with Gasteiger partial charge in [0, 0.05) is 0 Å². The van der Waals surface area contributed by atoms with Crippen LogP contribution < -0.4 is 5.63 Å². The van der Waals surface area contributed by atoms with Crippen molar-refractivity contribution in [1.29, 1.82) is 0 Å². The van der Waals surface area contributed by atoms with Gasteiger partial charge in [0.2, 0.25) is 5.76 Å². The van der Waals surface area contributed by atoms with E-state index in [0.717, 1.165) is 5.56 Å². The van der Waals surface area contributed by atoms with Crippen LogP contribution in [0, 0.1) is 0 Å². The fourth-order valence-electron chi connectivity index (χ4n) is 1.56. The molecule has 0 aliphatic heterocycles. The fraction of sp³-hybridized carbons (Fsp3) is 0.143. The van der Waals surface area contributed by atoms with Crippen molar-refractivity contribution in [1.82, 2.24) is 0 Å². The average molecular weight is 244 g/mol. The SMILES string of the molecule is CCOC(=O)c1ccc(-c2ccccc2)c(=O)o1. The molecule has 2 rings (SSSR count). The van der Waals surface area contributed by atoms with Gasteiger partial charge in [0.15, 0.2) is 0 Å². The highest BCUT2D eigenvalue weighted by Gasteiger charge is 2.12. The Bertz CT molecular complexity index is 599. The fourth-order valence-corrected chi connectivity index (χ4v) is 1.56. The van der Waals surface area contributed by atoms with Gasteiger partial charge in [0.05, 0.1) is 12.2 Å². The Hall–Kier alpha value is -2.36. The van der Waals surface area contributed by atoms with E-state index < -0.39 is 11.6 Å². The predicted molar refractivity (Wildman–Crippen MR) is 66.4 cm³/mol. The van der Waals surface area contributed by atoms with Crippen molar-refractivity contribution < 1.29 is 13.9 Å². The maximum absolute atomic E-state index is 11.8. The second-order valence-electron chi connectivity index (χ2n) is 3.59. The van der Waals surface area contributed by atoms with E-state index in [-0.39, 0.29) is 12.4 Å².